The van der Waals surface area contributed by atoms with Crippen molar-refractivity contribution in [2.24, 2.45) is 5.92 Å². The molecule has 2 rings (SSSR count). The Balaban J connectivity index is 2.22. The molecule has 3 heteroatoms. The molecule has 0 spiro atoms. The Bertz CT molecular complexity index is 402. The lowest BCUT2D eigenvalue weighted by Crippen LogP contribution is -2.30. The van der Waals surface area contributed by atoms with E-state index in [9.17, 15) is 4.39 Å². The molecule has 0 aromatic heterocycles. The number of benzene rings is 1. The summed E-state index contributed by atoms with van der Waals surface area (Å²) in [7, 11) is 0. The zero-order chi connectivity index (χ0) is 13.7. The van der Waals surface area contributed by atoms with Gasteiger partial charge in [-0.05, 0) is 55.5 Å². The van der Waals surface area contributed by atoms with Crippen molar-refractivity contribution in [3.8, 4) is 0 Å². The molecule has 0 aliphatic heterocycles. The number of nitrogens with one attached hydrogen (secondary N) is 1. The molecule has 19 heavy (non-hydrogen) atoms. The van der Waals surface area contributed by atoms with Crippen LogP contribution in [0.4, 0.5) is 4.39 Å². The standard InChI is InChI=1S/C16H23ClFN/c1-2-10-19-16(12-6-4-3-5-7-12)14-11-13(18)8-9-15(14)17/h8-9,11-12,16,19H,2-7,10H2,1H3. The fourth-order valence-electron chi connectivity index (χ4n) is 3.05. The zero-order valence-electron chi connectivity index (χ0n) is 11.6. The van der Waals surface area contributed by atoms with Crippen LogP contribution < -0.4 is 5.32 Å². The van der Waals surface area contributed by atoms with Gasteiger partial charge in [-0.1, -0.05) is 37.8 Å². The maximum atomic E-state index is 13.5. The highest BCUT2D eigenvalue weighted by Crippen LogP contribution is 2.37. The van der Waals surface area contributed by atoms with Crippen molar-refractivity contribution >= 4 is 11.6 Å². The first-order valence-corrected chi connectivity index (χ1v) is 7.78. The van der Waals surface area contributed by atoms with Gasteiger partial charge in [-0.15, -0.1) is 0 Å². The maximum absolute atomic E-state index is 13.5. The summed E-state index contributed by atoms with van der Waals surface area (Å²) in [6, 6.07) is 4.91. The molecule has 1 fully saturated rings. The topological polar surface area (TPSA) is 12.0 Å². The van der Waals surface area contributed by atoms with E-state index in [1.54, 1.807) is 12.1 Å². The third-order valence-electron chi connectivity index (χ3n) is 4.03. The zero-order valence-corrected chi connectivity index (χ0v) is 12.3. The van der Waals surface area contributed by atoms with E-state index in [4.69, 9.17) is 11.6 Å². The Kier molecular flexibility index (Phi) is 5.65. The van der Waals surface area contributed by atoms with Crippen LogP contribution >= 0.6 is 11.6 Å². The predicted molar refractivity (Wildman–Crippen MR) is 79.0 cm³/mol. The molecule has 0 heterocycles. The first-order chi connectivity index (χ1) is 9.22. The minimum Gasteiger partial charge on any atom is -0.310 e. The lowest BCUT2D eigenvalue weighted by Gasteiger charge is -2.32. The average molecular weight is 284 g/mol. The third-order valence-corrected chi connectivity index (χ3v) is 4.37. The molecule has 1 N–H and O–H groups in total. The fourth-order valence-corrected chi connectivity index (χ4v) is 3.29. The van der Waals surface area contributed by atoms with Crippen molar-refractivity contribution in [3.63, 3.8) is 0 Å². The van der Waals surface area contributed by atoms with E-state index in [1.165, 1.54) is 38.2 Å². The Hall–Kier alpha value is -0.600. The molecule has 0 bridgehead atoms. The van der Waals surface area contributed by atoms with E-state index in [-0.39, 0.29) is 11.9 Å². The summed E-state index contributed by atoms with van der Waals surface area (Å²) in [4.78, 5) is 0. The summed E-state index contributed by atoms with van der Waals surface area (Å²) in [5.41, 5.74) is 0.932. The highest BCUT2D eigenvalue weighted by atomic mass is 35.5. The molecule has 1 nitrogen and oxygen atoms in total. The fraction of sp³-hybridized carbons (Fsp3) is 0.625. The number of halogens is 2. The SMILES string of the molecule is CCCNC(c1cc(F)ccc1Cl)C1CCCCC1. The molecule has 1 aromatic carbocycles. The van der Waals surface area contributed by atoms with Crippen molar-refractivity contribution in [2.45, 2.75) is 51.5 Å². The Morgan fingerprint density at radius 3 is 2.74 bits per heavy atom. The van der Waals surface area contributed by atoms with Crippen molar-refractivity contribution in [1.82, 2.24) is 5.32 Å². The van der Waals surface area contributed by atoms with Crippen LogP contribution in [0.5, 0.6) is 0 Å². The smallest absolute Gasteiger partial charge is 0.123 e. The molecule has 106 valence electrons. The first-order valence-electron chi connectivity index (χ1n) is 7.40. The highest BCUT2D eigenvalue weighted by Gasteiger charge is 2.26. The first kappa shape index (κ1) is 14.8. The lowest BCUT2D eigenvalue weighted by molar-refractivity contribution is 0.271. The van der Waals surface area contributed by atoms with Gasteiger partial charge in [0.1, 0.15) is 5.82 Å². The summed E-state index contributed by atoms with van der Waals surface area (Å²) >= 11 is 6.28. The van der Waals surface area contributed by atoms with Crippen molar-refractivity contribution < 1.29 is 4.39 Å². The van der Waals surface area contributed by atoms with E-state index in [2.05, 4.69) is 12.2 Å². The molecule has 1 unspecified atom stereocenters. The maximum Gasteiger partial charge on any atom is 0.123 e. The average Bonchev–Trinajstić information content (AvgIpc) is 2.44. The molecule has 1 aromatic rings. The van der Waals surface area contributed by atoms with E-state index >= 15 is 0 Å². The van der Waals surface area contributed by atoms with Crippen molar-refractivity contribution in [3.05, 3.63) is 34.6 Å². The van der Waals surface area contributed by atoms with Gasteiger partial charge in [0.05, 0.1) is 0 Å². The molecule has 0 saturated heterocycles. The van der Waals surface area contributed by atoms with Crippen LogP contribution in [0, 0.1) is 11.7 Å². The summed E-state index contributed by atoms with van der Waals surface area (Å²) in [5, 5.41) is 4.25. The van der Waals surface area contributed by atoms with Crippen LogP contribution in [0.2, 0.25) is 5.02 Å². The van der Waals surface area contributed by atoms with Crippen LogP contribution in [0.1, 0.15) is 57.1 Å². The molecule has 1 aliphatic rings. The molecule has 1 aliphatic carbocycles. The molecule has 1 saturated carbocycles. The Labute approximate surface area is 120 Å². The minimum atomic E-state index is -0.196. The van der Waals surface area contributed by atoms with Gasteiger partial charge >= 0.3 is 0 Å². The summed E-state index contributed by atoms with van der Waals surface area (Å²) < 4.78 is 13.5. The van der Waals surface area contributed by atoms with E-state index < -0.39 is 0 Å². The van der Waals surface area contributed by atoms with Gasteiger partial charge in [-0.25, -0.2) is 4.39 Å². The van der Waals surface area contributed by atoms with Gasteiger partial charge in [0, 0.05) is 11.1 Å². The molecular weight excluding hydrogens is 261 g/mol. The normalized spacial score (nSPS) is 18.5. The summed E-state index contributed by atoms with van der Waals surface area (Å²) in [6.07, 6.45) is 7.40. The van der Waals surface area contributed by atoms with Gasteiger partial charge in [0.25, 0.3) is 0 Å². The van der Waals surface area contributed by atoms with Crippen molar-refractivity contribution in [2.75, 3.05) is 6.54 Å². The largest absolute Gasteiger partial charge is 0.310 e. The third kappa shape index (κ3) is 3.93. The van der Waals surface area contributed by atoms with Gasteiger partial charge < -0.3 is 5.32 Å². The van der Waals surface area contributed by atoms with Crippen LogP contribution in [0.25, 0.3) is 0 Å². The number of rotatable bonds is 5. The Morgan fingerprint density at radius 2 is 2.05 bits per heavy atom. The van der Waals surface area contributed by atoms with Crippen molar-refractivity contribution in [1.29, 1.82) is 0 Å². The second-order valence-corrected chi connectivity index (χ2v) is 5.90. The predicted octanol–water partition coefficient (Wildman–Crippen LogP) is 5.10. The minimum absolute atomic E-state index is 0.196. The van der Waals surface area contributed by atoms with Crippen LogP contribution in [-0.2, 0) is 0 Å². The van der Waals surface area contributed by atoms with Gasteiger partial charge in [-0.3, -0.25) is 0 Å². The molecule has 0 amide bonds. The van der Waals surface area contributed by atoms with Gasteiger partial charge in [-0.2, -0.15) is 0 Å². The van der Waals surface area contributed by atoms with Crippen LogP contribution in [-0.4, -0.2) is 6.54 Å². The van der Waals surface area contributed by atoms with Crippen LogP contribution in [0.3, 0.4) is 0 Å². The van der Waals surface area contributed by atoms with Gasteiger partial charge in [0.15, 0.2) is 0 Å². The second-order valence-electron chi connectivity index (χ2n) is 5.50. The quantitative estimate of drug-likeness (QED) is 0.793. The second kappa shape index (κ2) is 7.25. The Morgan fingerprint density at radius 1 is 1.32 bits per heavy atom. The van der Waals surface area contributed by atoms with E-state index in [0.29, 0.717) is 10.9 Å². The van der Waals surface area contributed by atoms with E-state index in [0.717, 1.165) is 18.5 Å². The molecule has 0 radical (unpaired) electrons. The number of hydrogen-bond acceptors (Lipinski definition) is 1. The highest BCUT2D eigenvalue weighted by molar-refractivity contribution is 6.31. The summed E-state index contributed by atoms with van der Waals surface area (Å²) in [6.45, 7) is 3.10. The van der Waals surface area contributed by atoms with Crippen LogP contribution in [0.15, 0.2) is 18.2 Å². The molecule has 1 atom stereocenters. The van der Waals surface area contributed by atoms with E-state index in [1.807, 2.05) is 0 Å². The van der Waals surface area contributed by atoms with Gasteiger partial charge in [0.2, 0.25) is 0 Å². The monoisotopic (exact) mass is 283 g/mol. The number of hydrogen-bond donors (Lipinski definition) is 1. The summed E-state index contributed by atoms with van der Waals surface area (Å²) in [5.74, 6) is 0.387. The molecular formula is C16H23ClFN. The lowest BCUT2D eigenvalue weighted by atomic mass is 9.81.